The van der Waals surface area contributed by atoms with E-state index in [1.165, 1.54) is 0 Å². The number of methoxy groups -OCH3 is 1. The molecule has 0 spiro atoms. The zero-order valence-corrected chi connectivity index (χ0v) is 10.9. The van der Waals surface area contributed by atoms with Gasteiger partial charge in [-0.25, -0.2) is 0 Å². The molecular formula is C13H24N2O2. The Bertz CT molecular complexity index is 275. The topological polar surface area (TPSA) is 51.6 Å². The van der Waals surface area contributed by atoms with Crippen molar-refractivity contribution in [3.05, 3.63) is 24.2 Å². The second-order valence-corrected chi connectivity index (χ2v) is 4.30. The monoisotopic (exact) mass is 240 g/mol. The van der Waals surface area contributed by atoms with Gasteiger partial charge in [-0.2, -0.15) is 0 Å². The molecule has 0 aliphatic carbocycles. The van der Waals surface area contributed by atoms with Crippen LogP contribution in [0.2, 0.25) is 0 Å². The van der Waals surface area contributed by atoms with E-state index < -0.39 is 0 Å². The summed E-state index contributed by atoms with van der Waals surface area (Å²) in [6.07, 6.45) is 3.74. The van der Waals surface area contributed by atoms with Crippen molar-refractivity contribution < 1.29 is 9.15 Å². The van der Waals surface area contributed by atoms with E-state index >= 15 is 0 Å². The Morgan fingerprint density at radius 2 is 2.35 bits per heavy atom. The lowest BCUT2D eigenvalue weighted by atomic mass is 10.1. The largest absolute Gasteiger partial charge is 0.468 e. The Hall–Kier alpha value is -0.840. The van der Waals surface area contributed by atoms with Gasteiger partial charge in [-0.3, -0.25) is 4.90 Å². The summed E-state index contributed by atoms with van der Waals surface area (Å²) in [6, 6.07) is 4.13. The first-order chi connectivity index (χ1) is 8.26. The quantitative estimate of drug-likeness (QED) is 0.669. The van der Waals surface area contributed by atoms with Crippen LogP contribution in [-0.4, -0.2) is 37.7 Å². The zero-order chi connectivity index (χ0) is 12.5. The molecule has 4 heteroatoms. The number of hydrogen-bond acceptors (Lipinski definition) is 4. The van der Waals surface area contributed by atoms with Crippen LogP contribution in [0.25, 0.3) is 0 Å². The average Bonchev–Trinajstić information content (AvgIpc) is 2.81. The molecule has 1 heterocycles. The van der Waals surface area contributed by atoms with Crippen molar-refractivity contribution in [1.82, 2.24) is 4.90 Å². The van der Waals surface area contributed by atoms with Gasteiger partial charge in [-0.15, -0.1) is 0 Å². The van der Waals surface area contributed by atoms with Crippen molar-refractivity contribution in [2.75, 3.05) is 26.8 Å². The third-order valence-corrected chi connectivity index (χ3v) is 2.82. The predicted octanol–water partition coefficient (Wildman–Crippen LogP) is 1.86. The summed E-state index contributed by atoms with van der Waals surface area (Å²) in [4.78, 5) is 2.30. The summed E-state index contributed by atoms with van der Waals surface area (Å²) >= 11 is 0. The zero-order valence-electron chi connectivity index (χ0n) is 10.9. The van der Waals surface area contributed by atoms with Crippen LogP contribution >= 0.6 is 0 Å². The molecule has 1 unspecified atom stereocenters. The number of ether oxygens (including phenoxy) is 1. The fourth-order valence-electron chi connectivity index (χ4n) is 1.84. The van der Waals surface area contributed by atoms with Gasteiger partial charge in [-0.05, 0) is 31.5 Å². The minimum absolute atomic E-state index is 0.208. The van der Waals surface area contributed by atoms with Gasteiger partial charge in [0.15, 0.2) is 0 Å². The lowest BCUT2D eigenvalue weighted by molar-refractivity contribution is 0.183. The molecule has 0 bridgehead atoms. The molecule has 0 radical (unpaired) electrons. The smallest absolute Gasteiger partial charge is 0.117 e. The highest BCUT2D eigenvalue weighted by Gasteiger charge is 2.10. The maximum Gasteiger partial charge on any atom is 0.117 e. The molecule has 0 aromatic carbocycles. The summed E-state index contributed by atoms with van der Waals surface area (Å²) in [5.74, 6) is 0.996. The van der Waals surface area contributed by atoms with Gasteiger partial charge >= 0.3 is 0 Å². The van der Waals surface area contributed by atoms with E-state index in [-0.39, 0.29) is 6.04 Å². The molecule has 0 amide bonds. The van der Waals surface area contributed by atoms with Gasteiger partial charge in [0.2, 0.25) is 0 Å². The number of hydrogen-bond donors (Lipinski definition) is 1. The minimum Gasteiger partial charge on any atom is -0.468 e. The number of nitrogens with two attached hydrogens (primary N) is 1. The molecule has 0 saturated carbocycles. The first kappa shape index (κ1) is 14.2. The Morgan fingerprint density at radius 3 is 2.94 bits per heavy atom. The molecule has 0 saturated heterocycles. The van der Waals surface area contributed by atoms with Crippen LogP contribution in [0.4, 0.5) is 0 Å². The third-order valence-electron chi connectivity index (χ3n) is 2.82. The Balaban J connectivity index is 2.26. The highest BCUT2D eigenvalue weighted by molar-refractivity contribution is 4.97. The summed E-state index contributed by atoms with van der Waals surface area (Å²) in [5.41, 5.74) is 6.09. The van der Waals surface area contributed by atoms with Crippen molar-refractivity contribution in [1.29, 1.82) is 0 Å². The molecule has 0 aliphatic heterocycles. The van der Waals surface area contributed by atoms with Crippen LogP contribution in [0.3, 0.4) is 0 Å². The average molecular weight is 240 g/mol. The first-order valence-corrected chi connectivity index (χ1v) is 6.25. The Kier molecular flexibility index (Phi) is 6.93. The maximum atomic E-state index is 6.09. The van der Waals surface area contributed by atoms with Gasteiger partial charge < -0.3 is 14.9 Å². The van der Waals surface area contributed by atoms with Crippen LogP contribution in [0, 0.1) is 0 Å². The van der Waals surface area contributed by atoms with Crippen LogP contribution in [0.15, 0.2) is 22.8 Å². The number of likely N-dealkylation sites (N-methyl/N-ethyl adjacent to an activating group) is 1. The summed E-state index contributed by atoms with van der Waals surface area (Å²) in [7, 11) is 1.72. The second-order valence-electron chi connectivity index (χ2n) is 4.30. The highest BCUT2D eigenvalue weighted by atomic mass is 16.5. The molecule has 1 atom stereocenters. The molecular weight excluding hydrogens is 216 g/mol. The van der Waals surface area contributed by atoms with Crippen molar-refractivity contribution in [3.63, 3.8) is 0 Å². The number of rotatable bonds is 9. The van der Waals surface area contributed by atoms with Crippen LogP contribution in [-0.2, 0) is 11.3 Å². The summed E-state index contributed by atoms with van der Waals surface area (Å²) < 4.78 is 10.4. The van der Waals surface area contributed by atoms with Gasteiger partial charge in [0, 0.05) is 26.3 Å². The molecule has 4 nitrogen and oxygen atoms in total. The van der Waals surface area contributed by atoms with E-state index in [4.69, 9.17) is 14.9 Å². The van der Waals surface area contributed by atoms with E-state index in [1.54, 1.807) is 13.4 Å². The Morgan fingerprint density at radius 1 is 1.53 bits per heavy atom. The van der Waals surface area contributed by atoms with E-state index in [0.717, 1.165) is 44.8 Å². The van der Waals surface area contributed by atoms with E-state index in [2.05, 4.69) is 11.8 Å². The van der Waals surface area contributed by atoms with Crippen molar-refractivity contribution >= 4 is 0 Å². The lowest BCUT2D eigenvalue weighted by Gasteiger charge is -2.23. The maximum absolute atomic E-state index is 6.09. The van der Waals surface area contributed by atoms with E-state index in [1.807, 2.05) is 12.1 Å². The summed E-state index contributed by atoms with van der Waals surface area (Å²) in [6.45, 7) is 5.66. The van der Waals surface area contributed by atoms with Crippen LogP contribution < -0.4 is 5.73 Å². The fraction of sp³-hybridized carbons (Fsp3) is 0.692. The SMILES string of the molecule is CCN(Cc1ccco1)CC(N)CCCOC. The third kappa shape index (κ3) is 5.86. The molecule has 2 N–H and O–H groups in total. The molecule has 98 valence electrons. The predicted molar refractivity (Wildman–Crippen MR) is 68.7 cm³/mol. The van der Waals surface area contributed by atoms with Crippen LogP contribution in [0.1, 0.15) is 25.5 Å². The van der Waals surface area contributed by atoms with Gasteiger partial charge in [0.1, 0.15) is 5.76 Å². The Labute approximate surface area is 104 Å². The lowest BCUT2D eigenvalue weighted by Crippen LogP contribution is -2.37. The van der Waals surface area contributed by atoms with E-state index in [9.17, 15) is 0 Å². The van der Waals surface area contributed by atoms with E-state index in [0.29, 0.717) is 0 Å². The molecule has 1 rings (SSSR count). The van der Waals surface area contributed by atoms with Crippen LogP contribution in [0.5, 0.6) is 0 Å². The highest BCUT2D eigenvalue weighted by Crippen LogP contribution is 2.06. The van der Waals surface area contributed by atoms with Crippen molar-refractivity contribution in [2.24, 2.45) is 5.73 Å². The molecule has 17 heavy (non-hydrogen) atoms. The van der Waals surface area contributed by atoms with Gasteiger partial charge in [0.05, 0.1) is 12.8 Å². The van der Waals surface area contributed by atoms with Gasteiger partial charge in [-0.1, -0.05) is 6.92 Å². The second kappa shape index (κ2) is 8.28. The van der Waals surface area contributed by atoms with Gasteiger partial charge in [0.25, 0.3) is 0 Å². The molecule has 1 aromatic heterocycles. The summed E-state index contributed by atoms with van der Waals surface area (Å²) in [5, 5.41) is 0. The minimum atomic E-state index is 0.208. The molecule has 1 aromatic rings. The fourth-order valence-corrected chi connectivity index (χ4v) is 1.84. The normalized spacial score (nSPS) is 13.2. The number of furan rings is 1. The number of nitrogens with zero attached hydrogens (tertiary/aromatic N) is 1. The molecule has 0 aliphatic rings. The standard InChI is InChI=1S/C13H24N2O2/c1-3-15(11-13-7-5-9-17-13)10-12(14)6-4-8-16-2/h5,7,9,12H,3-4,6,8,10-11,14H2,1-2H3. The molecule has 0 fully saturated rings. The van der Waals surface area contributed by atoms with Crippen molar-refractivity contribution in [3.8, 4) is 0 Å². The van der Waals surface area contributed by atoms with Crippen molar-refractivity contribution in [2.45, 2.75) is 32.4 Å². The first-order valence-electron chi connectivity index (χ1n) is 6.25.